The SMILES string of the molecule is N#CNC(=Nc1ccccc1Cl)SC1CC(=O)N(c2c(Cl)cccc2Cl)C1=O. The van der Waals surface area contributed by atoms with Gasteiger partial charge in [0.15, 0.2) is 11.4 Å². The summed E-state index contributed by atoms with van der Waals surface area (Å²) < 4.78 is 0. The highest BCUT2D eigenvalue weighted by Gasteiger charge is 2.42. The Kier molecular flexibility index (Phi) is 6.47. The summed E-state index contributed by atoms with van der Waals surface area (Å²) in [5.41, 5.74) is 0.582. The summed E-state index contributed by atoms with van der Waals surface area (Å²) in [4.78, 5) is 30.6. The summed E-state index contributed by atoms with van der Waals surface area (Å²) in [7, 11) is 0. The van der Waals surface area contributed by atoms with E-state index in [1.165, 1.54) is 0 Å². The van der Waals surface area contributed by atoms with Gasteiger partial charge in [-0.1, -0.05) is 64.8 Å². The van der Waals surface area contributed by atoms with E-state index in [4.69, 9.17) is 40.1 Å². The molecule has 2 aromatic rings. The third kappa shape index (κ3) is 4.26. The third-order valence-corrected chi connectivity index (χ3v) is 5.76. The van der Waals surface area contributed by atoms with Crippen LogP contribution in [0.2, 0.25) is 15.1 Å². The van der Waals surface area contributed by atoms with Crippen molar-refractivity contribution in [3.05, 3.63) is 57.5 Å². The number of amides is 2. The quantitative estimate of drug-likeness (QED) is 0.238. The topological polar surface area (TPSA) is 85.6 Å². The maximum atomic E-state index is 12.9. The largest absolute Gasteiger partial charge is 0.274 e. The zero-order valence-corrected chi connectivity index (χ0v) is 17.1. The molecule has 0 saturated carbocycles. The average Bonchev–Trinajstić information content (AvgIpc) is 2.91. The van der Waals surface area contributed by atoms with Gasteiger partial charge in [-0.05, 0) is 24.3 Å². The Hall–Kier alpha value is -2.24. The van der Waals surface area contributed by atoms with Crippen molar-refractivity contribution in [3.63, 3.8) is 0 Å². The molecule has 1 aliphatic rings. The van der Waals surface area contributed by atoms with E-state index >= 15 is 0 Å². The van der Waals surface area contributed by atoms with E-state index in [0.29, 0.717) is 10.7 Å². The van der Waals surface area contributed by atoms with Crippen LogP contribution in [-0.2, 0) is 9.59 Å². The Bertz CT molecular complexity index is 1000. The van der Waals surface area contributed by atoms with E-state index in [1.807, 2.05) is 0 Å². The number of halogens is 3. The minimum atomic E-state index is -0.790. The predicted octanol–water partition coefficient (Wildman–Crippen LogP) is 4.77. The number of imide groups is 1. The third-order valence-electron chi connectivity index (χ3n) is 3.76. The number of carbonyl (C=O) groups excluding carboxylic acids is 2. The van der Waals surface area contributed by atoms with E-state index in [1.54, 1.807) is 48.7 Å². The van der Waals surface area contributed by atoms with Crippen LogP contribution in [0, 0.1) is 11.5 Å². The van der Waals surface area contributed by atoms with Crippen molar-refractivity contribution in [1.82, 2.24) is 5.32 Å². The fourth-order valence-corrected chi connectivity index (χ4v) is 4.25. The van der Waals surface area contributed by atoms with Crippen molar-refractivity contribution in [3.8, 4) is 6.19 Å². The highest BCUT2D eigenvalue weighted by atomic mass is 35.5. The Balaban J connectivity index is 1.88. The number of thioether (sulfide) groups is 1. The molecule has 0 aliphatic carbocycles. The smallest absolute Gasteiger partial charge is 0.247 e. The second-order valence-corrected chi connectivity index (χ2v) is 7.97. The van der Waals surface area contributed by atoms with Crippen LogP contribution in [-0.4, -0.2) is 22.2 Å². The minimum absolute atomic E-state index is 0.0836. The van der Waals surface area contributed by atoms with Crippen molar-refractivity contribution < 1.29 is 9.59 Å². The van der Waals surface area contributed by atoms with Crippen molar-refractivity contribution in [2.75, 3.05) is 4.90 Å². The normalized spacial score (nSPS) is 17.0. The molecule has 0 radical (unpaired) electrons. The van der Waals surface area contributed by atoms with Gasteiger partial charge in [0.1, 0.15) is 5.25 Å². The Morgan fingerprint density at radius 3 is 2.39 bits per heavy atom. The molecule has 1 fully saturated rings. The number of carbonyl (C=O) groups is 2. The maximum Gasteiger partial charge on any atom is 0.247 e. The molecule has 1 N–H and O–H groups in total. The molecule has 0 spiro atoms. The molecule has 3 rings (SSSR count). The molecular weight excluding hydrogens is 443 g/mol. The molecule has 1 unspecified atom stereocenters. The number of aliphatic imine (C=N–C) groups is 1. The van der Waals surface area contributed by atoms with Gasteiger partial charge in [0, 0.05) is 6.42 Å². The molecule has 1 heterocycles. The van der Waals surface area contributed by atoms with Crippen LogP contribution in [0.3, 0.4) is 0 Å². The molecule has 6 nitrogen and oxygen atoms in total. The molecular formula is C18H11Cl3N4O2S. The zero-order chi connectivity index (χ0) is 20.3. The molecule has 0 bridgehead atoms. The van der Waals surface area contributed by atoms with Crippen molar-refractivity contribution in [2.24, 2.45) is 4.99 Å². The Morgan fingerprint density at radius 2 is 1.75 bits per heavy atom. The number of anilines is 1. The molecule has 142 valence electrons. The number of benzene rings is 2. The molecule has 10 heteroatoms. The minimum Gasteiger partial charge on any atom is -0.274 e. The highest BCUT2D eigenvalue weighted by molar-refractivity contribution is 8.15. The number of nitrogens with one attached hydrogen (secondary N) is 1. The van der Waals surface area contributed by atoms with Gasteiger partial charge < -0.3 is 0 Å². The van der Waals surface area contributed by atoms with Crippen molar-refractivity contribution >= 4 is 74.9 Å². The summed E-state index contributed by atoms with van der Waals surface area (Å²) in [6, 6.07) is 11.5. The van der Waals surface area contributed by atoms with Crippen LogP contribution in [0.25, 0.3) is 0 Å². The lowest BCUT2D eigenvalue weighted by molar-refractivity contribution is -0.121. The lowest BCUT2D eigenvalue weighted by Gasteiger charge is -2.17. The first-order valence-corrected chi connectivity index (χ1v) is 9.89. The molecule has 0 aromatic heterocycles. The first-order chi connectivity index (χ1) is 13.4. The fraction of sp³-hybridized carbons (Fsp3) is 0.111. The molecule has 1 aliphatic heterocycles. The number of para-hydroxylation sites is 2. The van der Waals surface area contributed by atoms with Gasteiger partial charge in [0.2, 0.25) is 11.8 Å². The molecule has 2 amide bonds. The lowest BCUT2D eigenvalue weighted by Crippen LogP contribution is -2.32. The Labute approximate surface area is 180 Å². The summed E-state index contributed by atoms with van der Waals surface area (Å²) in [6.07, 6.45) is 1.69. The van der Waals surface area contributed by atoms with Gasteiger partial charge in [-0.25, -0.2) is 9.89 Å². The van der Waals surface area contributed by atoms with Gasteiger partial charge in [0.05, 0.1) is 26.4 Å². The molecule has 1 atom stereocenters. The van der Waals surface area contributed by atoms with E-state index in [9.17, 15) is 9.59 Å². The van der Waals surface area contributed by atoms with Gasteiger partial charge in [0.25, 0.3) is 0 Å². The van der Waals surface area contributed by atoms with E-state index in [0.717, 1.165) is 16.7 Å². The van der Waals surface area contributed by atoms with Crippen LogP contribution in [0.4, 0.5) is 11.4 Å². The summed E-state index contributed by atoms with van der Waals surface area (Å²) in [6.45, 7) is 0. The summed E-state index contributed by atoms with van der Waals surface area (Å²) >= 11 is 19.3. The fourth-order valence-electron chi connectivity index (χ4n) is 2.55. The van der Waals surface area contributed by atoms with Crippen molar-refractivity contribution in [1.29, 1.82) is 5.26 Å². The first-order valence-electron chi connectivity index (χ1n) is 7.88. The highest BCUT2D eigenvalue weighted by Crippen LogP contribution is 2.39. The van der Waals surface area contributed by atoms with Crippen LogP contribution < -0.4 is 10.2 Å². The monoisotopic (exact) mass is 452 g/mol. The molecule has 2 aromatic carbocycles. The number of hydrogen-bond acceptors (Lipinski definition) is 5. The number of nitriles is 1. The molecule has 1 saturated heterocycles. The van der Waals surface area contributed by atoms with Crippen LogP contribution >= 0.6 is 46.6 Å². The number of hydrogen-bond donors (Lipinski definition) is 1. The second-order valence-electron chi connectivity index (χ2n) is 5.55. The van der Waals surface area contributed by atoms with E-state index in [2.05, 4.69) is 10.3 Å². The lowest BCUT2D eigenvalue weighted by atomic mass is 10.3. The second kappa shape index (κ2) is 8.84. The van der Waals surface area contributed by atoms with Gasteiger partial charge in [-0.3, -0.25) is 14.9 Å². The van der Waals surface area contributed by atoms with Gasteiger partial charge >= 0.3 is 0 Å². The van der Waals surface area contributed by atoms with Crippen LogP contribution in [0.1, 0.15) is 6.42 Å². The number of amidine groups is 1. The maximum absolute atomic E-state index is 12.9. The number of rotatable bonds is 3. The standard InChI is InChI=1S/C18H11Cl3N4O2S/c19-10-4-1-2-7-13(10)24-18(23-9-22)28-14-8-15(26)25(17(14)27)16-11(20)5-3-6-12(16)21/h1-7,14H,8H2,(H,23,24). The van der Waals surface area contributed by atoms with Gasteiger partial charge in [-0.2, -0.15) is 5.26 Å². The average molecular weight is 454 g/mol. The van der Waals surface area contributed by atoms with Crippen LogP contribution in [0.5, 0.6) is 0 Å². The zero-order valence-electron chi connectivity index (χ0n) is 14.0. The number of nitrogens with zero attached hydrogens (tertiary/aromatic N) is 3. The predicted molar refractivity (Wildman–Crippen MR) is 112 cm³/mol. The van der Waals surface area contributed by atoms with Crippen LogP contribution in [0.15, 0.2) is 47.5 Å². The summed E-state index contributed by atoms with van der Waals surface area (Å²) in [5, 5.41) is 11.6. The van der Waals surface area contributed by atoms with E-state index in [-0.39, 0.29) is 27.3 Å². The Morgan fingerprint density at radius 1 is 1.11 bits per heavy atom. The summed E-state index contributed by atoms with van der Waals surface area (Å²) in [5.74, 6) is -0.928. The molecule has 28 heavy (non-hydrogen) atoms. The first kappa shape index (κ1) is 20.5. The van der Waals surface area contributed by atoms with Gasteiger partial charge in [-0.15, -0.1) is 0 Å². The van der Waals surface area contributed by atoms with Crippen molar-refractivity contribution in [2.45, 2.75) is 11.7 Å². The van der Waals surface area contributed by atoms with E-state index < -0.39 is 17.1 Å².